The van der Waals surface area contributed by atoms with Crippen LogP contribution >= 0.6 is 0 Å². The zero-order valence-corrected chi connectivity index (χ0v) is 9.41. The summed E-state index contributed by atoms with van der Waals surface area (Å²) in [7, 11) is 0. The summed E-state index contributed by atoms with van der Waals surface area (Å²) in [6.07, 6.45) is 5.89. The lowest BCUT2D eigenvalue weighted by Crippen LogP contribution is -2.18. The molecule has 15 heavy (non-hydrogen) atoms. The van der Waals surface area contributed by atoms with Gasteiger partial charge < -0.3 is 9.47 Å². The first-order valence-electron chi connectivity index (χ1n) is 5.32. The average Bonchev–Trinajstić information content (AvgIpc) is 2.18. The van der Waals surface area contributed by atoms with E-state index in [-0.39, 0.29) is 0 Å². The standard InChI is InChI=1S/C12H18O3/c1-9(2)12(13)15-10(3)14-11-7-5-4-6-8-11/h7,10H,1,4-6,8H2,2-3H3. The maximum absolute atomic E-state index is 11.2. The van der Waals surface area contributed by atoms with E-state index < -0.39 is 12.3 Å². The number of allylic oxidation sites excluding steroid dienone is 2. The molecule has 3 heteroatoms. The van der Waals surface area contributed by atoms with Crippen LogP contribution in [-0.2, 0) is 14.3 Å². The number of rotatable bonds is 4. The molecule has 1 atom stereocenters. The van der Waals surface area contributed by atoms with Crippen molar-refractivity contribution in [2.24, 2.45) is 0 Å². The highest BCUT2D eigenvalue weighted by Gasteiger charge is 2.13. The van der Waals surface area contributed by atoms with E-state index in [0.717, 1.165) is 25.0 Å². The van der Waals surface area contributed by atoms with Crippen LogP contribution in [0.1, 0.15) is 39.5 Å². The van der Waals surface area contributed by atoms with Crippen molar-refractivity contribution in [1.82, 2.24) is 0 Å². The molecule has 84 valence electrons. The zero-order valence-electron chi connectivity index (χ0n) is 9.41. The third-order valence-corrected chi connectivity index (χ3v) is 2.19. The Bertz CT molecular complexity index is 279. The van der Waals surface area contributed by atoms with Crippen LogP contribution < -0.4 is 0 Å². The minimum Gasteiger partial charge on any atom is -0.460 e. The Morgan fingerprint density at radius 1 is 1.53 bits per heavy atom. The Morgan fingerprint density at radius 2 is 2.27 bits per heavy atom. The average molecular weight is 210 g/mol. The minimum absolute atomic E-state index is 0.392. The fraction of sp³-hybridized carbons (Fsp3) is 0.583. The number of ether oxygens (including phenoxy) is 2. The number of carbonyl (C=O) groups is 1. The molecule has 1 aliphatic carbocycles. The lowest BCUT2D eigenvalue weighted by atomic mass is 10.1. The van der Waals surface area contributed by atoms with Gasteiger partial charge in [-0.05, 0) is 32.3 Å². The smallest absolute Gasteiger partial charge is 0.336 e. The van der Waals surface area contributed by atoms with Gasteiger partial charge in [-0.1, -0.05) is 6.58 Å². The highest BCUT2D eigenvalue weighted by Crippen LogP contribution is 2.20. The van der Waals surface area contributed by atoms with Crippen LogP contribution in [0.4, 0.5) is 0 Å². The van der Waals surface area contributed by atoms with Crippen LogP contribution in [0.2, 0.25) is 0 Å². The van der Waals surface area contributed by atoms with Crippen molar-refractivity contribution in [2.75, 3.05) is 0 Å². The predicted molar refractivity (Wildman–Crippen MR) is 58.0 cm³/mol. The molecule has 0 heterocycles. The highest BCUT2D eigenvalue weighted by atomic mass is 16.7. The van der Waals surface area contributed by atoms with Crippen LogP contribution in [0.5, 0.6) is 0 Å². The molecule has 1 rings (SSSR count). The molecule has 0 aromatic rings. The van der Waals surface area contributed by atoms with Gasteiger partial charge in [0.15, 0.2) is 0 Å². The van der Waals surface area contributed by atoms with Gasteiger partial charge in [0, 0.05) is 18.9 Å². The van der Waals surface area contributed by atoms with Crippen LogP contribution in [0.3, 0.4) is 0 Å². The predicted octanol–water partition coefficient (Wildman–Crippen LogP) is 2.93. The van der Waals surface area contributed by atoms with E-state index in [1.165, 1.54) is 6.42 Å². The maximum atomic E-state index is 11.2. The van der Waals surface area contributed by atoms with Gasteiger partial charge in [0.25, 0.3) is 0 Å². The van der Waals surface area contributed by atoms with Gasteiger partial charge in [0.1, 0.15) is 0 Å². The van der Waals surface area contributed by atoms with E-state index in [1.54, 1.807) is 13.8 Å². The van der Waals surface area contributed by atoms with Crippen molar-refractivity contribution in [2.45, 2.75) is 45.8 Å². The molecule has 0 spiro atoms. The lowest BCUT2D eigenvalue weighted by molar-refractivity contribution is -0.163. The summed E-state index contributed by atoms with van der Waals surface area (Å²) >= 11 is 0. The van der Waals surface area contributed by atoms with E-state index in [1.807, 2.05) is 0 Å². The first-order chi connectivity index (χ1) is 7.09. The van der Waals surface area contributed by atoms with Crippen LogP contribution in [0.15, 0.2) is 24.0 Å². The summed E-state index contributed by atoms with van der Waals surface area (Å²) in [4.78, 5) is 11.2. The topological polar surface area (TPSA) is 35.5 Å². The zero-order chi connectivity index (χ0) is 11.3. The first kappa shape index (κ1) is 11.8. The summed E-state index contributed by atoms with van der Waals surface area (Å²) in [6, 6.07) is 0. The molecule has 0 aromatic carbocycles. The largest absolute Gasteiger partial charge is 0.460 e. The van der Waals surface area contributed by atoms with Gasteiger partial charge in [-0.25, -0.2) is 4.79 Å². The molecule has 0 aliphatic heterocycles. The second kappa shape index (κ2) is 5.59. The molecule has 3 nitrogen and oxygen atoms in total. The molecule has 0 aromatic heterocycles. The van der Waals surface area contributed by atoms with Crippen LogP contribution in [0.25, 0.3) is 0 Å². The summed E-state index contributed by atoms with van der Waals surface area (Å²) in [6.45, 7) is 6.85. The fourth-order valence-electron chi connectivity index (χ4n) is 1.40. The number of hydrogen-bond donors (Lipinski definition) is 0. The summed E-state index contributed by atoms with van der Waals surface area (Å²) in [5.41, 5.74) is 0.392. The van der Waals surface area contributed by atoms with Crippen molar-refractivity contribution in [3.8, 4) is 0 Å². The molecule has 0 radical (unpaired) electrons. The fourth-order valence-corrected chi connectivity index (χ4v) is 1.40. The van der Waals surface area contributed by atoms with Crippen molar-refractivity contribution in [3.63, 3.8) is 0 Å². The Morgan fingerprint density at radius 3 is 2.80 bits per heavy atom. The molecule has 0 saturated carbocycles. The Balaban J connectivity index is 2.35. The molecule has 0 fully saturated rings. The van der Waals surface area contributed by atoms with Crippen LogP contribution in [-0.4, -0.2) is 12.3 Å². The lowest BCUT2D eigenvalue weighted by Gasteiger charge is -2.19. The maximum Gasteiger partial charge on any atom is 0.336 e. The molecule has 0 N–H and O–H groups in total. The summed E-state index contributed by atoms with van der Waals surface area (Å²) < 4.78 is 10.5. The Labute approximate surface area is 90.8 Å². The second-order valence-electron chi connectivity index (χ2n) is 3.79. The van der Waals surface area contributed by atoms with Gasteiger partial charge in [-0.3, -0.25) is 0 Å². The monoisotopic (exact) mass is 210 g/mol. The molecule has 0 bridgehead atoms. The number of esters is 1. The molecule has 1 aliphatic rings. The third kappa shape index (κ3) is 4.19. The molecule has 1 unspecified atom stereocenters. The summed E-state index contributed by atoms with van der Waals surface area (Å²) in [5.74, 6) is 0.530. The van der Waals surface area contributed by atoms with Crippen molar-refractivity contribution < 1.29 is 14.3 Å². The van der Waals surface area contributed by atoms with Gasteiger partial charge in [0.2, 0.25) is 6.29 Å². The number of carbonyl (C=O) groups excluding carboxylic acids is 1. The van der Waals surface area contributed by atoms with Gasteiger partial charge in [-0.2, -0.15) is 0 Å². The van der Waals surface area contributed by atoms with E-state index in [9.17, 15) is 4.79 Å². The van der Waals surface area contributed by atoms with Gasteiger partial charge >= 0.3 is 5.97 Å². The van der Waals surface area contributed by atoms with Crippen molar-refractivity contribution in [3.05, 3.63) is 24.0 Å². The van der Waals surface area contributed by atoms with Crippen LogP contribution in [0, 0.1) is 0 Å². The van der Waals surface area contributed by atoms with E-state index in [4.69, 9.17) is 9.47 Å². The SMILES string of the molecule is C=C(C)C(=O)OC(C)OC1=CCCCC1. The van der Waals surface area contributed by atoms with E-state index >= 15 is 0 Å². The van der Waals surface area contributed by atoms with Crippen molar-refractivity contribution in [1.29, 1.82) is 0 Å². The molecular weight excluding hydrogens is 192 g/mol. The Hall–Kier alpha value is -1.25. The molecule has 0 saturated heterocycles. The Kier molecular flexibility index (Phi) is 4.40. The third-order valence-electron chi connectivity index (χ3n) is 2.19. The quantitative estimate of drug-likeness (QED) is 0.406. The number of hydrogen-bond acceptors (Lipinski definition) is 3. The van der Waals surface area contributed by atoms with E-state index in [2.05, 4.69) is 12.7 Å². The molecular formula is C12H18O3. The minimum atomic E-state index is -0.529. The highest BCUT2D eigenvalue weighted by molar-refractivity contribution is 5.86. The molecule has 0 amide bonds. The van der Waals surface area contributed by atoms with Crippen molar-refractivity contribution >= 4 is 5.97 Å². The summed E-state index contributed by atoms with van der Waals surface area (Å²) in [5, 5.41) is 0. The normalized spacial score (nSPS) is 17.6. The van der Waals surface area contributed by atoms with E-state index in [0.29, 0.717) is 5.57 Å². The second-order valence-corrected chi connectivity index (χ2v) is 3.79. The van der Waals surface area contributed by atoms with Gasteiger partial charge in [0.05, 0.1) is 5.76 Å². The van der Waals surface area contributed by atoms with Gasteiger partial charge in [-0.15, -0.1) is 0 Å². The first-order valence-corrected chi connectivity index (χ1v) is 5.32.